The molecule has 1 aliphatic rings. The molecule has 0 fully saturated rings. The fourth-order valence-electron chi connectivity index (χ4n) is 3.00. The van der Waals surface area contributed by atoms with Crippen molar-refractivity contribution >= 4 is 17.8 Å². The van der Waals surface area contributed by atoms with Crippen molar-refractivity contribution < 1.29 is 36.7 Å². The number of methoxy groups -OCH3 is 1. The average molecular weight is 414 g/mol. The van der Waals surface area contributed by atoms with Crippen LogP contribution in [0.2, 0.25) is 0 Å². The van der Waals surface area contributed by atoms with E-state index < -0.39 is 23.5 Å². The van der Waals surface area contributed by atoms with Gasteiger partial charge in [0.1, 0.15) is 17.3 Å². The lowest BCUT2D eigenvalue weighted by molar-refractivity contribution is -0.137. The highest BCUT2D eigenvalue weighted by molar-refractivity contribution is 6.15. The summed E-state index contributed by atoms with van der Waals surface area (Å²) in [6.07, 6.45) is -3.12. The molecule has 5 nitrogen and oxygen atoms in total. The first-order valence-electron chi connectivity index (χ1n) is 8.70. The van der Waals surface area contributed by atoms with Crippen LogP contribution >= 0.6 is 0 Å². The Hall–Kier alpha value is -3.81. The number of furan rings is 1. The highest BCUT2D eigenvalue weighted by Gasteiger charge is 2.31. The second-order valence-electron chi connectivity index (χ2n) is 6.42. The van der Waals surface area contributed by atoms with Gasteiger partial charge in [0.2, 0.25) is 5.78 Å². The molecule has 0 saturated heterocycles. The van der Waals surface area contributed by atoms with Crippen LogP contribution in [0, 0.1) is 0 Å². The minimum Gasteiger partial charge on any atom is -0.465 e. The van der Waals surface area contributed by atoms with Gasteiger partial charge in [0.15, 0.2) is 5.76 Å². The molecule has 2 aromatic carbocycles. The summed E-state index contributed by atoms with van der Waals surface area (Å²) in [5.41, 5.74) is -0.130. The van der Waals surface area contributed by atoms with Gasteiger partial charge >= 0.3 is 12.1 Å². The van der Waals surface area contributed by atoms with Gasteiger partial charge in [-0.1, -0.05) is 12.1 Å². The van der Waals surface area contributed by atoms with E-state index in [1.54, 1.807) is 0 Å². The summed E-state index contributed by atoms with van der Waals surface area (Å²) in [5, 5.41) is 0. The van der Waals surface area contributed by atoms with Crippen LogP contribution in [0.15, 0.2) is 64.8 Å². The summed E-state index contributed by atoms with van der Waals surface area (Å²) in [7, 11) is 1.23. The van der Waals surface area contributed by atoms with Crippen molar-refractivity contribution in [2.45, 2.75) is 6.18 Å². The number of ketones is 1. The molecule has 1 aromatic heterocycles. The Balaban J connectivity index is 1.61. The van der Waals surface area contributed by atoms with Gasteiger partial charge in [-0.2, -0.15) is 13.2 Å². The zero-order valence-electron chi connectivity index (χ0n) is 15.4. The molecule has 0 aliphatic carbocycles. The van der Waals surface area contributed by atoms with Crippen LogP contribution in [0.3, 0.4) is 0 Å². The van der Waals surface area contributed by atoms with Gasteiger partial charge in [-0.3, -0.25) is 4.79 Å². The topological polar surface area (TPSA) is 65.7 Å². The first-order valence-corrected chi connectivity index (χ1v) is 8.70. The minimum absolute atomic E-state index is 0.0306. The molecule has 0 unspecified atom stereocenters. The zero-order valence-corrected chi connectivity index (χ0v) is 15.4. The number of hydrogen-bond donors (Lipinski definition) is 0. The Labute approximate surface area is 168 Å². The number of halogens is 3. The molecule has 0 saturated carbocycles. The number of Topliss-reactive ketones (excluding diaryl/α,β-unsaturated/α-hetero) is 1. The van der Waals surface area contributed by atoms with Gasteiger partial charge in [0.05, 0.1) is 23.8 Å². The molecule has 0 radical (unpaired) electrons. The first-order chi connectivity index (χ1) is 14.3. The molecule has 1 aliphatic heterocycles. The number of alkyl halides is 3. The molecule has 3 aromatic rings. The Morgan fingerprint density at radius 3 is 2.60 bits per heavy atom. The average Bonchev–Trinajstić information content (AvgIpc) is 3.32. The number of benzene rings is 2. The van der Waals surface area contributed by atoms with Crippen LogP contribution in [-0.4, -0.2) is 18.9 Å². The van der Waals surface area contributed by atoms with Crippen LogP contribution in [-0.2, 0) is 10.9 Å². The molecule has 0 bridgehead atoms. The number of carbonyl (C=O) groups is 2. The van der Waals surface area contributed by atoms with Gasteiger partial charge in [-0.25, -0.2) is 4.79 Å². The lowest BCUT2D eigenvalue weighted by Gasteiger charge is -2.07. The Morgan fingerprint density at radius 2 is 1.87 bits per heavy atom. The Morgan fingerprint density at radius 1 is 1.07 bits per heavy atom. The van der Waals surface area contributed by atoms with E-state index in [4.69, 9.17) is 9.15 Å². The summed E-state index contributed by atoms with van der Waals surface area (Å²) in [6, 6.07) is 12.1. The maximum Gasteiger partial charge on any atom is 0.416 e. The standard InChI is InChI=1S/C22H13F3O5/c1-28-21(27)13-5-7-18-16(10-13)20(26)19(30-18)11-15-6-8-17(29-15)12-3-2-4-14(9-12)22(23,24)25/h2-11H,1H3/b19-11-. The molecular formula is C22H13F3O5. The number of fused-ring (bicyclic) bond motifs is 1. The molecular weight excluding hydrogens is 401 g/mol. The van der Waals surface area contributed by atoms with Crippen molar-refractivity contribution in [3.8, 4) is 17.1 Å². The largest absolute Gasteiger partial charge is 0.465 e. The van der Waals surface area contributed by atoms with Crippen molar-refractivity contribution in [1.82, 2.24) is 0 Å². The Bertz CT molecular complexity index is 1190. The number of carbonyl (C=O) groups excluding carboxylic acids is 2. The highest BCUT2D eigenvalue weighted by Crippen LogP contribution is 2.35. The second-order valence-corrected chi connectivity index (χ2v) is 6.42. The lowest BCUT2D eigenvalue weighted by atomic mass is 10.1. The van der Waals surface area contributed by atoms with Crippen LogP contribution in [0.25, 0.3) is 17.4 Å². The van der Waals surface area contributed by atoms with E-state index in [0.717, 1.165) is 12.1 Å². The fraction of sp³-hybridized carbons (Fsp3) is 0.0909. The van der Waals surface area contributed by atoms with Crippen LogP contribution in [0.4, 0.5) is 13.2 Å². The van der Waals surface area contributed by atoms with Crippen molar-refractivity contribution in [2.75, 3.05) is 7.11 Å². The van der Waals surface area contributed by atoms with E-state index in [0.29, 0.717) is 0 Å². The predicted octanol–water partition coefficient (Wildman–Crippen LogP) is 5.37. The molecule has 0 amide bonds. The fourth-order valence-corrected chi connectivity index (χ4v) is 3.00. The highest BCUT2D eigenvalue weighted by atomic mass is 19.4. The molecule has 0 atom stereocenters. The maximum atomic E-state index is 12.9. The van der Waals surface area contributed by atoms with Crippen molar-refractivity contribution in [1.29, 1.82) is 0 Å². The molecule has 2 heterocycles. The third-order valence-electron chi connectivity index (χ3n) is 4.46. The summed E-state index contributed by atoms with van der Waals surface area (Å²) in [6.45, 7) is 0. The minimum atomic E-state index is -4.47. The molecule has 4 rings (SSSR count). The third kappa shape index (κ3) is 3.59. The van der Waals surface area contributed by atoms with E-state index in [2.05, 4.69) is 4.74 Å². The van der Waals surface area contributed by atoms with Crippen LogP contribution in [0.1, 0.15) is 32.0 Å². The van der Waals surface area contributed by atoms with Gasteiger partial charge < -0.3 is 13.9 Å². The number of ether oxygens (including phenoxy) is 2. The SMILES string of the molecule is COC(=O)c1ccc2c(c1)C(=O)/C(=C/c1ccc(-c3cccc(C(F)(F)F)c3)o1)O2. The second kappa shape index (κ2) is 7.22. The van der Waals surface area contributed by atoms with Gasteiger partial charge in [0.25, 0.3) is 0 Å². The molecule has 8 heteroatoms. The zero-order chi connectivity index (χ0) is 21.5. The van der Waals surface area contributed by atoms with Crippen molar-refractivity contribution in [3.05, 3.63) is 82.8 Å². The monoisotopic (exact) mass is 414 g/mol. The van der Waals surface area contributed by atoms with Gasteiger partial charge in [-0.15, -0.1) is 0 Å². The molecule has 30 heavy (non-hydrogen) atoms. The molecule has 0 N–H and O–H groups in total. The first kappa shape index (κ1) is 19.5. The number of rotatable bonds is 3. The smallest absolute Gasteiger partial charge is 0.416 e. The predicted molar refractivity (Wildman–Crippen MR) is 99.9 cm³/mol. The van der Waals surface area contributed by atoms with E-state index in [-0.39, 0.29) is 39.7 Å². The Kier molecular flexibility index (Phi) is 4.69. The summed E-state index contributed by atoms with van der Waals surface area (Å²) >= 11 is 0. The third-order valence-corrected chi connectivity index (χ3v) is 4.46. The summed E-state index contributed by atoms with van der Waals surface area (Å²) in [5.74, 6) is -0.344. The quantitative estimate of drug-likeness (QED) is 0.426. The van der Waals surface area contributed by atoms with E-state index in [1.807, 2.05) is 0 Å². The van der Waals surface area contributed by atoms with E-state index >= 15 is 0 Å². The lowest BCUT2D eigenvalue weighted by Crippen LogP contribution is -2.04. The molecule has 152 valence electrons. The number of allylic oxidation sites excluding steroid dienone is 1. The van der Waals surface area contributed by atoms with E-state index in [9.17, 15) is 22.8 Å². The summed E-state index contributed by atoms with van der Waals surface area (Å²) in [4.78, 5) is 24.2. The van der Waals surface area contributed by atoms with Crippen molar-refractivity contribution in [2.24, 2.45) is 0 Å². The van der Waals surface area contributed by atoms with Crippen LogP contribution < -0.4 is 4.74 Å². The van der Waals surface area contributed by atoms with Crippen LogP contribution in [0.5, 0.6) is 5.75 Å². The van der Waals surface area contributed by atoms with Gasteiger partial charge in [-0.05, 0) is 42.5 Å². The summed E-state index contributed by atoms with van der Waals surface area (Å²) < 4.78 is 54.5. The van der Waals surface area contributed by atoms with E-state index in [1.165, 1.54) is 55.7 Å². The number of hydrogen-bond acceptors (Lipinski definition) is 5. The van der Waals surface area contributed by atoms with Gasteiger partial charge in [0, 0.05) is 11.6 Å². The molecule has 0 spiro atoms. The number of esters is 1. The van der Waals surface area contributed by atoms with Crippen molar-refractivity contribution in [3.63, 3.8) is 0 Å². The maximum absolute atomic E-state index is 12.9. The normalized spacial score (nSPS) is 14.5.